The van der Waals surface area contributed by atoms with Crippen LogP contribution in [0.1, 0.15) is 6.92 Å². The minimum atomic E-state index is -0.438. The zero-order valence-corrected chi connectivity index (χ0v) is 16.8. The first-order chi connectivity index (χ1) is 15.7. The van der Waals surface area contributed by atoms with Crippen LogP contribution >= 0.6 is 0 Å². The molecule has 1 amide bonds. The van der Waals surface area contributed by atoms with Crippen molar-refractivity contribution in [2.75, 3.05) is 10.6 Å². The average molecular weight is 421 g/mol. The molecule has 0 unspecified atom stereocenters. The molecule has 1 aromatic carbocycles. The molecule has 4 heterocycles. The Labute approximate surface area is 181 Å². The third kappa shape index (κ3) is 3.78. The van der Waals surface area contributed by atoms with E-state index in [1.54, 1.807) is 25.4 Å². The number of fused-ring (bicyclic) bond motifs is 2. The van der Waals surface area contributed by atoms with Gasteiger partial charge >= 0.3 is 5.91 Å². The number of benzene rings is 1. The molecule has 0 bridgehead atoms. The van der Waals surface area contributed by atoms with E-state index in [4.69, 9.17) is 0 Å². The van der Waals surface area contributed by atoms with Gasteiger partial charge in [0.15, 0.2) is 5.82 Å². The summed E-state index contributed by atoms with van der Waals surface area (Å²) in [6, 6.07) is 12.9. The topological polar surface area (TPSA) is 123 Å². The van der Waals surface area contributed by atoms with Crippen molar-refractivity contribution >= 4 is 45.2 Å². The smallest absolute Gasteiger partial charge is 0.301 e. The van der Waals surface area contributed by atoms with Crippen LogP contribution in [0.2, 0.25) is 0 Å². The van der Waals surface area contributed by atoms with E-state index in [2.05, 4.69) is 52.6 Å². The summed E-state index contributed by atoms with van der Waals surface area (Å²) in [5.41, 5.74) is 2.83. The number of hydrogen-bond donors (Lipinski definition) is 2. The molecule has 5 aromatic rings. The lowest BCUT2D eigenvalue weighted by Crippen LogP contribution is -2.09. The zero-order valence-electron chi connectivity index (χ0n) is 16.8. The van der Waals surface area contributed by atoms with Crippen LogP contribution in [-0.2, 0) is 4.79 Å². The van der Waals surface area contributed by atoms with Crippen LogP contribution in [0.25, 0.3) is 27.8 Å². The normalized spacial score (nSPS) is 10.5. The van der Waals surface area contributed by atoms with Gasteiger partial charge in [0, 0.05) is 17.3 Å². The van der Waals surface area contributed by atoms with Crippen molar-refractivity contribution in [1.29, 1.82) is 0 Å². The maximum atomic E-state index is 11.8. The lowest BCUT2D eigenvalue weighted by Gasteiger charge is -2.09. The largest absolute Gasteiger partial charge is 0.340 e. The molecule has 0 aliphatic heterocycles. The van der Waals surface area contributed by atoms with Crippen molar-refractivity contribution in [2.45, 2.75) is 6.92 Å². The molecule has 5 rings (SSSR count). The molecular weight excluding hydrogens is 406 g/mol. The number of carbonyl (C=O) groups excluding carboxylic acids is 1. The first-order valence-electron chi connectivity index (χ1n) is 9.59. The van der Waals surface area contributed by atoms with Gasteiger partial charge in [-0.3, -0.25) is 10.1 Å². The zero-order chi connectivity index (χ0) is 21.9. The van der Waals surface area contributed by atoms with Crippen LogP contribution < -0.4 is 10.6 Å². The van der Waals surface area contributed by atoms with E-state index in [0.29, 0.717) is 33.9 Å². The van der Waals surface area contributed by atoms with Gasteiger partial charge in [0.2, 0.25) is 0 Å². The minimum Gasteiger partial charge on any atom is -0.340 e. The van der Waals surface area contributed by atoms with Crippen molar-refractivity contribution in [3.8, 4) is 17.7 Å². The first-order valence-corrected chi connectivity index (χ1v) is 9.59. The predicted molar refractivity (Wildman–Crippen MR) is 119 cm³/mol. The van der Waals surface area contributed by atoms with E-state index < -0.39 is 5.91 Å². The molecule has 4 aromatic heterocycles. The Balaban J connectivity index is 1.47. The minimum absolute atomic E-state index is 0.358. The van der Waals surface area contributed by atoms with Crippen molar-refractivity contribution in [3.05, 3.63) is 61.2 Å². The van der Waals surface area contributed by atoms with Gasteiger partial charge in [-0.25, -0.2) is 19.9 Å². The summed E-state index contributed by atoms with van der Waals surface area (Å²) in [4.78, 5) is 30.3. The van der Waals surface area contributed by atoms with Gasteiger partial charge in [0.1, 0.15) is 29.0 Å². The maximum absolute atomic E-state index is 11.8. The Morgan fingerprint density at radius 3 is 2.72 bits per heavy atom. The molecule has 0 aliphatic rings. The van der Waals surface area contributed by atoms with Gasteiger partial charge in [-0.05, 0) is 49.2 Å². The summed E-state index contributed by atoms with van der Waals surface area (Å²) >= 11 is 0. The van der Waals surface area contributed by atoms with Crippen LogP contribution in [0.3, 0.4) is 0 Å². The number of nitrogens with zero attached hydrogens (tertiary/aromatic N) is 7. The monoisotopic (exact) mass is 421 g/mol. The predicted octanol–water partition coefficient (Wildman–Crippen LogP) is 2.86. The van der Waals surface area contributed by atoms with Gasteiger partial charge in [-0.2, -0.15) is 0 Å². The van der Waals surface area contributed by atoms with E-state index in [1.807, 2.05) is 36.4 Å². The highest BCUT2D eigenvalue weighted by molar-refractivity contribution is 6.04. The number of anilines is 3. The van der Waals surface area contributed by atoms with Crippen LogP contribution in [0.4, 0.5) is 17.3 Å². The number of aromatic nitrogens is 7. The Kier molecular flexibility index (Phi) is 4.82. The SMILES string of the molecule is CC#CC(=O)Nc1cc2c(Nc3ccc4nn(-c5ccccn5)nc4c3)ncnc2cn1. The van der Waals surface area contributed by atoms with Gasteiger partial charge in [-0.1, -0.05) is 12.0 Å². The fraction of sp³-hybridized carbons (Fsp3) is 0.0455. The number of nitrogens with one attached hydrogen (secondary N) is 2. The summed E-state index contributed by atoms with van der Waals surface area (Å²) < 4.78 is 0. The van der Waals surface area contributed by atoms with Crippen LogP contribution in [0, 0.1) is 11.8 Å². The lowest BCUT2D eigenvalue weighted by molar-refractivity contribution is -0.111. The third-order valence-electron chi connectivity index (χ3n) is 4.50. The van der Waals surface area contributed by atoms with Crippen LogP contribution in [0.15, 0.2) is 61.2 Å². The second-order valence-corrected chi connectivity index (χ2v) is 6.64. The second kappa shape index (κ2) is 8.08. The number of hydrogen-bond acceptors (Lipinski definition) is 8. The molecule has 2 N–H and O–H groups in total. The molecule has 32 heavy (non-hydrogen) atoms. The summed E-state index contributed by atoms with van der Waals surface area (Å²) in [5, 5.41) is 15.6. The maximum Gasteiger partial charge on any atom is 0.301 e. The van der Waals surface area contributed by atoms with E-state index in [0.717, 1.165) is 11.2 Å². The Morgan fingerprint density at radius 1 is 0.969 bits per heavy atom. The fourth-order valence-electron chi connectivity index (χ4n) is 3.09. The molecule has 0 radical (unpaired) electrons. The Morgan fingerprint density at radius 2 is 1.88 bits per heavy atom. The highest BCUT2D eigenvalue weighted by Crippen LogP contribution is 2.26. The molecule has 0 saturated heterocycles. The number of carbonyl (C=O) groups is 1. The molecular formula is C22H15N9O. The van der Waals surface area contributed by atoms with Gasteiger partial charge in [0.05, 0.1) is 11.7 Å². The number of rotatable bonds is 4. The van der Waals surface area contributed by atoms with E-state index in [-0.39, 0.29) is 0 Å². The van der Waals surface area contributed by atoms with Crippen molar-refractivity contribution in [1.82, 2.24) is 34.9 Å². The number of amides is 1. The molecule has 154 valence electrons. The number of pyridine rings is 2. The fourth-order valence-corrected chi connectivity index (χ4v) is 3.09. The molecule has 10 heteroatoms. The lowest BCUT2D eigenvalue weighted by atomic mass is 10.2. The highest BCUT2D eigenvalue weighted by Gasteiger charge is 2.10. The van der Waals surface area contributed by atoms with Crippen molar-refractivity contribution < 1.29 is 4.79 Å². The quantitative estimate of drug-likeness (QED) is 0.425. The van der Waals surface area contributed by atoms with E-state index in [1.165, 1.54) is 11.1 Å². The van der Waals surface area contributed by atoms with Gasteiger partial charge < -0.3 is 5.32 Å². The highest BCUT2D eigenvalue weighted by atomic mass is 16.1. The van der Waals surface area contributed by atoms with Gasteiger partial charge in [-0.15, -0.1) is 15.0 Å². The molecule has 0 spiro atoms. The molecule has 0 fully saturated rings. The summed E-state index contributed by atoms with van der Waals surface area (Å²) in [7, 11) is 0. The summed E-state index contributed by atoms with van der Waals surface area (Å²) in [6.07, 6.45) is 4.71. The van der Waals surface area contributed by atoms with Crippen molar-refractivity contribution in [3.63, 3.8) is 0 Å². The Hall–Kier alpha value is -4.91. The average Bonchev–Trinajstić information content (AvgIpc) is 3.24. The standard InChI is InChI=1S/C22H15N9O/c1-2-5-21(32)28-19-11-15-18(12-24-19)25-13-26-22(15)27-14-7-8-16-17(10-14)30-31(29-16)20-6-3-4-9-23-20/h3-4,6-13H,1H3,(H,24,28,32)(H,25,26,27). The molecule has 0 aliphatic carbocycles. The van der Waals surface area contributed by atoms with Gasteiger partial charge in [0.25, 0.3) is 0 Å². The Bertz CT molecular complexity index is 1520. The summed E-state index contributed by atoms with van der Waals surface area (Å²) in [6.45, 7) is 1.59. The van der Waals surface area contributed by atoms with Crippen LogP contribution in [0.5, 0.6) is 0 Å². The molecule has 0 saturated carbocycles. The van der Waals surface area contributed by atoms with Crippen LogP contribution in [-0.4, -0.2) is 40.8 Å². The first kappa shape index (κ1) is 19.1. The van der Waals surface area contributed by atoms with E-state index in [9.17, 15) is 4.79 Å². The second-order valence-electron chi connectivity index (χ2n) is 6.64. The molecule has 10 nitrogen and oxygen atoms in total. The van der Waals surface area contributed by atoms with E-state index >= 15 is 0 Å². The third-order valence-corrected chi connectivity index (χ3v) is 4.50. The molecule has 0 atom stereocenters. The van der Waals surface area contributed by atoms with Crippen molar-refractivity contribution in [2.24, 2.45) is 0 Å². The summed E-state index contributed by atoms with van der Waals surface area (Å²) in [5.74, 6) is 6.09.